The van der Waals surface area contributed by atoms with Crippen LogP contribution in [-0.4, -0.2) is 51.8 Å². The van der Waals surface area contributed by atoms with Crippen molar-refractivity contribution in [1.29, 1.82) is 0 Å². The number of carbonyl (C=O) groups excluding carboxylic acids is 1. The van der Waals surface area contributed by atoms with Gasteiger partial charge in [-0.2, -0.15) is 0 Å². The number of sulfonamides is 1. The number of benzene rings is 3. The van der Waals surface area contributed by atoms with Gasteiger partial charge < -0.3 is 10.1 Å². The van der Waals surface area contributed by atoms with Crippen LogP contribution in [0.1, 0.15) is 27.0 Å². The first-order valence-electron chi connectivity index (χ1n) is 11.9. The van der Waals surface area contributed by atoms with E-state index in [1.807, 2.05) is 12.1 Å². The van der Waals surface area contributed by atoms with Gasteiger partial charge in [-0.1, -0.05) is 65.7 Å². The maximum absolute atomic E-state index is 12.7. The molecule has 0 spiro atoms. The Bertz CT molecular complexity index is 1340. The molecule has 0 unspecified atom stereocenters. The summed E-state index contributed by atoms with van der Waals surface area (Å²) in [6, 6.07) is 19.9. The Hall–Kier alpha value is -2.62. The van der Waals surface area contributed by atoms with Gasteiger partial charge in [0, 0.05) is 31.7 Å². The second-order valence-corrected chi connectivity index (χ2v) is 11.6. The number of ether oxygens (including phenoxy) is 1. The number of rotatable bonds is 9. The van der Waals surface area contributed by atoms with Crippen LogP contribution in [0.5, 0.6) is 0 Å². The van der Waals surface area contributed by atoms with Crippen molar-refractivity contribution in [3.05, 3.63) is 99.0 Å². The van der Waals surface area contributed by atoms with Crippen LogP contribution in [0.2, 0.25) is 10.0 Å². The van der Waals surface area contributed by atoms with E-state index in [2.05, 4.69) is 22.3 Å². The lowest BCUT2D eigenvalue weighted by Gasteiger charge is -2.26. The number of halogens is 2. The molecule has 1 N–H and O–H groups in total. The normalized spacial score (nSPS) is 14.4. The summed E-state index contributed by atoms with van der Waals surface area (Å²) >= 11 is 12.4. The first kappa shape index (κ1) is 27.4. The highest BCUT2D eigenvalue weighted by Gasteiger charge is 2.22. The van der Waals surface area contributed by atoms with Crippen LogP contribution in [0, 0.1) is 0 Å². The molecular formula is C27H29Cl2N3O4S. The van der Waals surface area contributed by atoms with Crippen molar-refractivity contribution in [2.75, 3.05) is 36.9 Å². The van der Waals surface area contributed by atoms with Crippen LogP contribution in [0.3, 0.4) is 0 Å². The molecular weight excluding hydrogens is 533 g/mol. The number of hydrogen-bond donors (Lipinski definition) is 1. The van der Waals surface area contributed by atoms with E-state index in [1.54, 1.807) is 42.5 Å². The Morgan fingerprint density at radius 3 is 2.35 bits per heavy atom. The van der Waals surface area contributed by atoms with Crippen molar-refractivity contribution in [2.45, 2.75) is 19.6 Å². The second kappa shape index (κ2) is 12.3. The third kappa shape index (κ3) is 7.46. The van der Waals surface area contributed by atoms with E-state index in [1.165, 1.54) is 9.87 Å². The quantitative estimate of drug-likeness (QED) is 0.409. The molecule has 7 nitrogen and oxygen atoms in total. The van der Waals surface area contributed by atoms with Gasteiger partial charge >= 0.3 is 0 Å². The SMILES string of the molecule is CS(=O)(=O)N(Cc1ccc(C(=O)NCc2cccc(CN3CCOCC3)c2)cc1)c1cccc(Cl)c1Cl. The molecule has 4 rings (SSSR count). The molecule has 196 valence electrons. The summed E-state index contributed by atoms with van der Waals surface area (Å²) in [4.78, 5) is 15.1. The molecule has 1 saturated heterocycles. The van der Waals surface area contributed by atoms with Crippen LogP contribution in [0.15, 0.2) is 66.7 Å². The van der Waals surface area contributed by atoms with Crippen molar-refractivity contribution < 1.29 is 17.9 Å². The molecule has 0 saturated carbocycles. The predicted octanol–water partition coefficient (Wildman–Crippen LogP) is 4.72. The molecule has 0 aliphatic carbocycles. The number of nitrogens with one attached hydrogen (secondary N) is 1. The van der Waals surface area contributed by atoms with E-state index in [0.29, 0.717) is 23.4 Å². The molecule has 0 aromatic heterocycles. The van der Waals surface area contributed by atoms with Crippen molar-refractivity contribution in [1.82, 2.24) is 10.2 Å². The summed E-state index contributed by atoms with van der Waals surface area (Å²) in [7, 11) is -3.63. The average molecular weight is 563 g/mol. The minimum absolute atomic E-state index is 0.0523. The van der Waals surface area contributed by atoms with Gasteiger partial charge in [0.2, 0.25) is 10.0 Å². The lowest BCUT2D eigenvalue weighted by atomic mass is 10.1. The van der Waals surface area contributed by atoms with Crippen LogP contribution in [0.25, 0.3) is 0 Å². The van der Waals surface area contributed by atoms with Gasteiger partial charge in [-0.15, -0.1) is 0 Å². The highest BCUT2D eigenvalue weighted by atomic mass is 35.5. The van der Waals surface area contributed by atoms with E-state index in [9.17, 15) is 13.2 Å². The molecule has 1 amide bonds. The molecule has 3 aromatic carbocycles. The number of morpholine rings is 1. The van der Waals surface area contributed by atoms with Crippen molar-refractivity contribution in [3.63, 3.8) is 0 Å². The molecule has 0 radical (unpaired) electrons. The Morgan fingerprint density at radius 2 is 1.65 bits per heavy atom. The van der Waals surface area contributed by atoms with Crippen LogP contribution < -0.4 is 9.62 Å². The summed E-state index contributed by atoms with van der Waals surface area (Å²) < 4.78 is 31.6. The molecule has 1 aliphatic rings. The molecule has 3 aromatic rings. The molecule has 37 heavy (non-hydrogen) atoms. The molecule has 1 aliphatic heterocycles. The highest BCUT2D eigenvalue weighted by Crippen LogP contribution is 2.34. The van der Waals surface area contributed by atoms with Gasteiger partial charge in [0.1, 0.15) is 0 Å². The van der Waals surface area contributed by atoms with Crippen LogP contribution in [-0.2, 0) is 34.4 Å². The lowest BCUT2D eigenvalue weighted by Crippen LogP contribution is -2.35. The number of nitrogens with zero attached hydrogens (tertiary/aromatic N) is 2. The molecule has 1 fully saturated rings. The van der Waals surface area contributed by atoms with Crippen molar-refractivity contribution in [2.24, 2.45) is 0 Å². The van der Waals surface area contributed by atoms with Crippen molar-refractivity contribution in [3.8, 4) is 0 Å². The maximum atomic E-state index is 12.7. The first-order valence-corrected chi connectivity index (χ1v) is 14.5. The standard InChI is InChI=1S/C27H29Cl2N3O4S/c1-37(34,35)32(25-7-3-6-24(28)26(25)29)19-20-8-10-23(11-9-20)27(33)30-17-21-4-2-5-22(16-21)18-31-12-14-36-15-13-31/h2-11,16H,12-15,17-19H2,1H3,(H,30,33). The molecule has 1 heterocycles. The minimum Gasteiger partial charge on any atom is -0.379 e. The van der Waals surface area contributed by atoms with Gasteiger partial charge in [-0.25, -0.2) is 8.42 Å². The Balaban J connectivity index is 1.38. The first-order chi connectivity index (χ1) is 17.7. The van der Waals surface area contributed by atoms with Crippen LogP contribution >= 0.6 is 23.2 Å². The number of hydrogen-bond acceptors (Lipinski definition) is 5. The Kier molecular flexibility index (Phi) is 9.10. The van der Waals surface area contributed by atoms with Gasteiger partial charge in [0.25, 0.3) is 5.91 Å². The topological polar surface area (TPSA) is 79.0 Å². The summed E-state index contributed by atoms with van der Waals surface area (Å²) in [6.45, 7) is 4.68. The minimum atomic E-state index is -3.63. The summed E-state index contributed by atoms with van der Waals surface area (Å²) in [6.07, 6.45) is 1.11. The van der Waals surface area contributed by atoms with E-state index >= 15 is 0 Å². The zero-order valence-electron chi connectivity index (χ0n) is 20.5. The van der Waals surface area contributed by atoms with E-state index in [4.69, 9.17) is 27.9 Å². The zero-order valence-corrected chi connectivity index (χ0v) is 22.8. The molecule has 10 heteroatoms. The fraction of sp³-hybridized carbons (Fsp3) is 0.296. The van der Waals surface area contributed by atoms with E-state index in [-0.39, 0.29) is 22.5 Å². The molecule has 0 atom stereocenters. The summed E-state index contributed by atoms with van der Waals surface area (Å²) in [5.74, 6) is -0.206. The average Bonchev–Trinajstić information content (AvgIpc) is 2.88. The largest absolute Gasteiger partial charge is 0.379 e. The van der Waals surface area contributed by atoms with E-state index < -0.39 is 10.0 Å². The summed E-state index contributed by atoms with van der Waals surface area (Å²) in [5.41, 5.74) is 3.72. The fourth-order valence-corrected chi connectivity index (χ4v) is 5.47. The van der Waals surface area contributed by atoms with Gasteiger partial charge in [0.05, 0.1) is 41.7 Å². The summed E-state index contributed by atoms with van der Waals surface area (Å²) in [5, 5.41) is 3.40. The van der Waals surface area contributed by atoms with Crippen LogP contribution in [0.4, 0.5) is 5.69 Å². The number of anilines is 1. The lowest BCUT2D eigenvalue weighted by molar-refractivity contribution is 0.0342. The van der Waals surface area contributed by atoms with Crippen molar-refractivity contribution >= 4 is 44.8 Å². The monoisotopic (exact) mass is 561 g/mol. The second-order valence-electron chi connectivity index (χ2n) is 8.93. The Labute approximate surface area is 228 Å². The van der Waals surface area contributed by atoms with E-state index in [0.717, 1.165) is 44.7 Å². The molecule has 0 bridgehead atoms. The van der Waals surface area contributed by atoms with Gasteiger partial charge in [-0.3, -0.25) is 14.0 Å². The van der Waals surface area contributed by atoms with Gasteiger partial charge in [0.15, 0.2) is 0 Å². The van der Waals surface area contributed by atoms with Gasteiger partial charge in [-0.05, 0) is 41.0 Å². The number of amides is 1. The Morgan fingerprint density at radius 1 is 0.973 bits per heavy atom. The fourth-order valence-electron chi connectivity index (χ4n) is 4.13. The predicted molar refractivity (Wildman–Crippen MR) is 148 cm³/mol. The maximum Gasteiger partial charge on any atom is 0.251 e. The third-order valence-corrected chi connectivity index (χ3v) is 8.03. The highest BCUT2D eigenvalue weighted by molar-refractivity contribution is 7.92. The number of carbonyl (C=O) groups is 1. The smallest absolute Gasteiger partial charge is 0.251 e. The third-order valence-electron chi connectivity index (χ3n) is 6.10. The zero-order chi connectivity index (χ0) is 26.4.